The highest BCUT2D eigenvalue weighted by molar-refractivity contribution is 8.01. The van der Waals surface area contributed by atoms with Gasteiger partial charge in [-0.2, -0.15) is 0 Å². The molecule has 1 aromatic carbocycles. The number of benzene rings is 1. The third-order valence-electron chi connectivity index (χ3n) is 5.60. The van der Waals surface area contributed by atoms with Gasteiger partial charge in [0.25, 0.3) is 0 Å². The molecule has 2 amide bonds. The summed E-state index contributed by atoms with van der Waals surface area (Å²) in [5, 5.41) is 0. The van der Waals surface area contributed by atoms with Gasteiger partial charge in [-0.05, 0) is 43.9 Å². The summed E-state index contributed by atoms with van der Waals surface area (Å²) in [6, 6.07) is 5.47. The molecule has 2 atom stereocenters. The quantitative estimate of drug-likeness (QED) is 0.610. The number of methoxy groups -OCH3 is 1. The zero-order chi connectivity index (χ0) is 21.0. The fraction of sp³-hybridized carbons (Fsp3) is 0.636. The molecule has 2 unspecified atom stereocenters. The van der Waals surface area contributed by atoms with Crippen molar-refractivity contribution in [2.75, 3.05) is 26.0 Å². The second-order valence-corrected chi connectivity index (χ2v) is 9.36. The minimum atomic E-state index is -0.361. The van der Waals surface area contributed by atoms with Gasteiger partial charge in [-0.1, -0.05) is 19.9 Å². The van der Waals surface area contributed by atoms with E-state index in [1.54, 1.807) is 18.9 Å². The Morgan fingerprint density at radius 3 is 2.79 bits per heavy atom. The van der Waals surface area contributed by atoms with E-state index < -0.39 is 0 Å². The second kappa shape index (κ2) is 9.28. The Morgan fingerprint density at radius 2 is 2.10 bits per heavy atom. The Morgan fingerprint density at radius 1 is 1.31 bits per heavy atom. The van der Waals surface area contributed by atoms with E-state index in [-0.39, 0.29) is 22.7 Å². The van der Waals surface area contributed by atoms with Crippen molar-refractivity contribution in [3.8, 4) is 11.5 Å². The van der Waals surface area contributed by atoms with Crippen molar-refractivity contribution < 1.29 is 19.1 Å². The number of rotatable bonds is 9. The SMILES string of the molecule is CCCOc1ccc(CN(CCC)C(=O)C2CSC3(C)CCC(=O)N23)cc1OC. The van der Waals surface area contributed by atoms with Gasteiger partial charge < -0.3 is 19.3 Å². The molecule has 0 N–H and O–H groups in total. The largest absolute Gasteiger partial charge is 0.493 e. The molecule has 6 nitrogen and oxygen atoms in total. The minimum Gasteiger partial charge on any atom is -0.493 e. The van der Waals surface area contributed by atoms with Gasteiger partial charge in [0.2, 0.25) is 11.8 Å². The first kappa shape index (κ1) is 21.8. The smallest absolute Gasteiger partial charge is 0.246 e. The molecule has 2 saturated heterocycles. The number of amides is 2. The van der Waals surface area contributed by atoms with E-state index in [4.69, 9.17) is 9.47 Å². The molecule has 0 aromatic heterocycles. The highest BCUT2D eigenvalue weighted by Gasteiger charge is 2.53. The van der Waals surface area contributed by atoms with E-state index in [1.165, 1.54) is 0 Å². The maximum absolute atomic E-state index is 13.4. The predicted octanol–water partition coefficient (Wildman–Crippen LogP) is 3.68. The third kappa shape index (κ3) is 4.49. The Balaban J connectivity index is 1.76. The van der Waals surface area contributed by atoms with Crippen LogP contribution in [0.5, 0.6) is 11.5 Å². The molecular weight excluding hydrogens is 388 g/mol. The van der Waals surface area contributed by atoms with Gasteiger partial charge in [0.15, 0.2) is 11.5 Å². The number of thioether (sulfide) groups is 1. The summed E-state index contributed by atoms with van der Waals surface area (Å²) in [5.74, 6) is 2.22. The number of hydrogen-bond acceptors (Lipinski definition) is 5. The first-order chi connectivity index (χ1) is 13.9. The highest BCUT2D eigenvalue weighted by Crippen LogP contribution is 2.47. The van der Waals surface area contributed by atoms with Gasteiger partial charge in [-0.25, -0.2) is 0 Å². The van der Waals surface area contributed by atoms with Crippen LogP contribution in [0, 0.1) is 0 Å². The highest BCUT2D eigenvalue weighted by atomic mass is 32.2. The van der Waals surface area contributed by atoms with Gasteiger partial charge in [-0.3, -0.25) is 9.59 Å². The van der Waals surface area contributed by atoms with Crippen LogP contribution in [0.25, 0.3) is 0 Å². The monoisotopic (exact) mass is 420 g/mol. The standard InChI is InChI=1S/C22H32N2O4S/c1-5-11-23(14-16-7-8-18(28-12-6-2)19(13-16)27-4)21(26)17-15-29-22(3)10-9-20(25)24(17)22/h7-8,13,17H,5-6,9-12,14-15H2,1-4H3. The Bertz CT molecular complexity index is 756. The molecule has 2 aliphatic rings. The van der Waals surface area contributed by atoms with E-state index in [0.717, 1.165) is 30.6 Å². The van der Waals surface area contributed by atoms with E-state index in [9.17, 15) is 9.59 Å². The molecule has 2 aliphatic heterocycles. The number of ether oxygens (including phenoxy) is 2. The second-order valence-electron chi connectivity index (χ2n) is 7.86. The number of carbonyl (C=O) groups excluding carboxylic acids is 2. The van der Waals surface area contributed by atoms with Crippen molar-refractivity contribution in [1.82, 2.24) is 9.80 Å². The molecule has 7 heteroatoms. The van der Waals surface area contributed by atoms with Crippen molar-refractivity contribution in [2.45, 2.75) is 63.9 Å². The molecule has 160 valence electrons. The molecule has 2 fully saturated rings. The number of hydrogen-bond donors (Lipinski definition) is 0. The zero-order valence-corrected chi connectivity index (χ0v) is 18.7. The van der Waals surface area contributed by atoms with Crippen LogP contribution in [0.1, 0.15) is 52.0 Å². The first-order valence-electron chi connectivity index (χ1n) is 10.5. The lowest BCUT2D eigenvalue weighted by atomic mass is 10.1. The molecule has 3 rings (SSSR count). The Kier molecular flexibility index (Phi) is 6.98. The lowest BCUT2D eigenvalue weighted by molar-refractivity contribution is -0.144. The van der Waals surface area contributed by atoms with Crippen LogP contribution < -0.4 is 9.47 Å². The fourth-order valence-corrected chi connectivity index (χ4v) is 5.54. The zero-order valence-electron chi connectivity index (χ0n) is 17.9. The normalized spacial score (nSPS) is 23.2. The van der Waals surface area contributed by atoms with Gasteiger partial charge in [0.05, 0.1) is 18.6 Å². The average molecular weight is 421 g/mol. The lowest BCUT2D eigenvalue weighted by Crippen LogP contribution is -2.51. The van der Waals surface area contributed by atoms with Gasteiger partial charge in [0.1, 0.15) is 6.04 Å². The summed E-state index contributed by atoms with van der Waals surface area (Å²) in [6.45, 7) is 8.01. The van der Waals surface area contributed by atoms with E-state index in [1.807, 2.05) is 28.0 Å². The van der Waals surface area contributed by atoms with Crippen LogP contribution >= 0.6 is 11.8 Å². The van der Waals surface area contributed by atoms with Crippen LogP contribution in [-0.4, -0.2) is 58.5 Å². The number of nitrogens with zero attached hydrogens (tertiary/aromatic N) is 2. The van der Waals surface area contributed by atoms with Gasteiger partial charge in [-0.15, -0.1) is 11.8 Å². The summed E-state index contributed by atoms with van der Waals surface area (Å²) in [7, 11) is 1.63. The maximum Gasteiger partial charge on any atom is 0.246 e. The Labute approximate surface area is 177 Å². The van der Waals surface area contributed by atoms with Crippen molar-refractivity contribution in [3.05, 3.63) is 23.8 Å². The number of fused-ring (bicyclic) bond motifs is 1. The van der Waals surface area contributed by atoms with Crippen LogP contribution in [0.15, 0.2) is 18.2 Å². The van der Waals surface area contributed by atoms with E-state index in [0.29, 0.717) is 37.6 Å². The molecule has 0 spiro atoms. The van der Waals surface area contributed by atoms with Gasteiger partial charge in [0, 0.05) is 25.3 Å². The molecule has 1 aromatic rings. The molecule has 2 heterocycles. The molecule has 0 radical (unpaired) electrons. The van der Waals surface area contributed by atoms with Gasteiger partial charge >= 0.3 is 0 Å². The summed E-state index contributed by atoms with van der Waals surface area (Å²) in [5.41, 5.74) is 0.994. The Hall–Kier alpha value is -1.89. The summed E-state index contributed by atoms with van der Waals surface area (Å²) in [6.07, 6.45) is 3.16. The minimum absolute atomic E-state index is 0.0450. The van der Waals surface area contributed by atoms with Crippen molar-refractivity contribution in [2.24, 2.45) is 0 Å². The molecule has 29 heavy (non-hydrogen) atoms. The van der Waals surface area contributed by atoms with E-state index >= 15 is 0 Å². The van der Waals surface area contributed by atoms with Crippen LogP contribution in [-0.2, 0) is 16.1 Å². The van der Waals surface area contributed by atoms with Crippen molar-refractivity contribution in [3.63, 3.8) is 0 Å². The number of carbonyl (C=O) groups is 2. The molecule has 0 aliphatic carbocycles. The van der Waals surface area contributed by atoms with Crippen molar-refractivity contribution in [1.29, 1.82) is 0 Å². The predicted molar refractivity (Wildman–Crippen MR) is 115 cm³/mol. The van der Waals surface area contributed by atoms with Crippen LogP contribution in [0.2, 0.25) is 0 Å². The fourth-order valence-electron chi connectivity index (χ4n) is 4.11. The molecule has 0 saturated carbocycles. The molecular formula is C22H32N2O4S. The maximum atomic E-state index is 13.4. The lowest BCUT2D eigenvalue weighted by Gasteiger charge is -2.33. The average Bonchev–Trinajstić information content (AvgIpc) is 3.21. The summed E-state index contributed by atoms with van der Waals surface area (Å²) in [4.78, 5) is 29.3. The van der Waals surface area contributed by atoms with E-state index in [2.05, 4.69) is 20.8 Å². The van der Waals surface area contributed by atoms with Crippen molar-refractivity contribution >= 4 is 23.6 Å². The summed E-state index contributed by atoms with van der Waals surface area (Å²) < 4.78 is 11.2. The molecule has 0 bridgehead atoms. The third-order valence-corrected chi connectivity index (χ3v) is 7.10. The van der Waals surface area contributed by atoms with Crippen LogP contribution in [0.3, 0.4) is 0 Å². The first-order valence-corrected chi connectivity index (χ1v) is 11.5. The van der Waals surface area contributed by atoms with Crippen LogP contribution in [0.4, 0.5) is 0 Å². The topological polar surface area (TPSA) is 59.1 Å². The summed E-state index contributed by atoms with van der Waals surface area (Å²) >= 11 is 1.73.